The highest BCUT2D eigenvalue weighted by Crippen LogP contribution is 2.32. The van der Waals surface area contributed by atoms with E-state index in [9.17, 15) is 4.79 Å². The average Bonchev–Trinajstić information content (AvgIpc) is 2.88. The molecule has 0 bridgehead atoms. The standard InChI is InChI=1S/C13H15N3O2/c17-12(11-1-6-14-7-2-11)16-9-4-13(5-10-16)3-8-15-18-13/h1-2,6-8H,3-5,9-10H2. The minimum atomic E-state index is -0.144. The Morgan fingerprint density at radius 2 is 2.00 bits per heavy atom. The van der Waals surface area contributed by atoms with E-state index in [0.29, 0.717) is 5.56 Å². The SMILES string of the molecule is O=C(c1ccncc1)N1CCC2(CC=NO2)CC1. The van der Waals surface area contributed by atoms with E-state index >= 15 is 0 Å². The van der Waals surface area contributed by atoms with Crippen LogP contribution in [0.25, 0.3) is 0 Å². The average molecular weight is 245 g/mol. The lowest BCUT2D eigenvalue weighted by molar-refractivity contribution is -0.0568. The van der Waals surface area contributed by atoms with E-state index in [-0.39, 0.29) is 11.5 Å². The molecule has 1 spiro atoms. The van der Waals surface area contributed by atoms with E-state index < -0.39 is 0 Å². The zero-order chi connectivity index (χ0) is 12.4. The summed E-state index contributed by atoms with van der Waals surface area (Å²) in [6.45, 7) is 1.45. The number of hydrogen-bond donors (Lipinski definition) is 0. The van der Waals surface area contributed by atoms with Gasteiger partial charge in [-0.1, -0.05) is 5.16 Å². The van der Waals surface area contributed by atoms with Crippen molar-refractivity contribution in [2.75, 3.05) is 13.1 Å². The summed E-state index contributed by atoms with van der Waals surface area (Å²) in [5.41, 5.74) is 0.555. The van der Waals surface area contributed by atoms with E-state index in [1.165, 1.54) is 0 Å². The molecule has 1 fully saturated rings. The number of nitrogens with zero attached hydrogens (tertiary/aromatic N) is 3. The first-order valence-electron chi connectivity index (χ1n) is 6.18. The predicted molar refractivity (Wildman–Crippen MR) is 66.3 cm³/mol. The van der Waals surface area contributed by atoms with Crippen molar-refractivity contribution in [3.63, 3.8) is 0 Å². The van der Waals surface area contributed by atoms with E-state index in [1.54, 1.807) is 24.5 Å². The molecule has 1 amide bonds. The van der Waals surface area contributed by atoms with Gasteiger partial charge in [-0.05, 0) is 12.1 Å². The van der Waals surface area contributed by atoms with Gasteiger partial charge >= 0.3 is 0 Å². The molecule has 3 heterocycles. The van der Waals surface area contributed by atoms with Gasteiger partial charge in [0.1, 0.15) is 5.60 Å². The van der Waals surface area contributed by atoms with Crippen LogP contribution in [0.15, 0.2) is 29.7 Å². The molecule has 18 heavy (non-hydrogen) atoms. The summed E-state index contributed by atoms with van der Waals surface area (Å²) in [6, 6.07) is 3.50. The number of piperidine rings is 1. The zero-order valence-electron chi connectivity index (χ0n) is 10.1. The maximum absolute atomic E-state index is 12.2. The number of carbonyl (C=O) groups excluding carboxylic acids is 1. The first-order chi connectivity index (χ1) is 8.79. The number of hydrogen-bond acceptors (Lipinski definition) is 4. The van der Waals surface area contributed by atoms with Crippen LogP contribution in [-0.4, -0.2) is 40.7 Å². The van der Waals surface area contributed by atoms with Crippen molar-refractivity contribution in [2.24, 2.45) is 5.16 Å². The van der Waals surface area contributed by atoms with Crippen LogP contribution in [0.3, 0.4) is 0 Å². The van der Waals surface area contributed by atoms with Crippen LogP contribution < -0.4 is 0 Å². The number of aromatic nitrogens is 1. The molecule has 0 aliphatic carbocycles. The molecule has 94 valence electrons. The molecule has 2 aliphatic heterocycles. The molecule has 3 rings (SSSR count). The van der Waals surface area contributed by atoms with Gasteiger partial charge in [0.15, 0.2) is 0 Å². The summed E-state index contributed by atoms with van der Waals surface area (Å²) in [6.07, 6.45) is 7.68. The number of rotatable bonds is 1. The molecule has 0 saturated carbocycles. The smallest absolute Gasteiger partial charge is 0.253 e. The Labute approximate surface area is 105 Å². The molecule has 5 heteroatoms. The van der Waals surface area contributed by atoms with Crippen molar-refractivity contribution in [1.82, 2.24) is 9.88 Å². The Balaban J connectivity index is 1.65. The van der Waals surface area contributed by atoms with Crippen molar-refractivity contribution >= 4 is 12.1 Å². The molecule has 5 nitrogen and oxygen atoms in total. The second-order valence-electron chi connectivity index (χ2n) is 4.79. The summed E-state index contributed by atoms with van der Waals surface area (Å²) >= 11 is 0. The van der Waals surface area contributed by atoms with E-state index in [0.717, 1.165) is 32.4 Å². The highest BCUT2D eigenvalue weighted by atomic mass is 16.7. The number of pyridine rings is 1. The summed E-state index contributed by atoms with van der Waals surface area (Å²) in [5.74, 6) is 0.0752. The van der Waals surface area contributed by atoms with Gasteiger partial charge in [0.25, 0.3) is 5.91 Å². The van der Waals surface area contributed by atoms with Gasteiger partial charge in [-0.15, -0.1) is 0 Å². The lowest BCUT2D eigenvalue weighted by Gasteiger charge is -2.37. The Kier molecular flexibility index (Phi) is 2.74. The third kappa shape index (κ3) is 1.96. The second kappa shape index (κ2) is 4.40. The molecule has 2 aliphatic rings. The monoisotopic (exact) mass is 245 g/mol. The fourth-order valence-electron chi connectivity index (χ4n) is 2.48. The maximum Gasteiger partial charge on any atom is 0.253 e. The van der Waals surface area contributed by atoms with Crippen LogP contribution in [0.2, 0.25) is 0 Å². The van der Waals surface area contributed by atoms with Crippen LogP contribution in [0.5, 0.6) is 0 Å². The van der Waals surface area contributed by atoms with Crippen molar-refractivity contribution in [1.29, 1.82) is 0 Å². The largest absolute Gasteiger partial charge is 0.389 e. The summed E-state index contributed by atoms with van der Waals surface area (Å²) in [5, 5.41) is 3.85. The maximum atomic E-state index is 12.2. The molecule has 0 radical (unpaired) electrons. The highest BCUT2D eigenvalue weighted by molar-refractivity contribution is 5.94. The summed E-state index contributed by atoms with van der Waals surface area (Å²) in [4.78, 5) is 23.5. The molecule has 0 aromatic carbocycles. The Morgan fingerprint density at radius 1 is 1.28 bits per heavy atom. The number of carbonyl (C=O) groups is 1. The number of amides is 1. The molecule has 1 aromatic heterocycles. The normalized spacial score (nSPS) is 21.0. The lowest BCUT2D eigenvalue weighted by atomic mass is 9.89. The molecular formula is C13H15N3O2. The van der Waals surface area contributed by atoms with Gasteiger partial charge in [0, 0.05) is 56.5 Å². The van der Waals surface area contributed by atoms with Crippen molar-refractivity contribution < 1.29 is 9.63 Å². The van der Waals surface area contributed by atoms with Crippen LogP contribution in [-0.2, 0) is 4.84 Å². The molecule has 1 saturated heterocycles. The van der Waals surface area contributed by atoms with Crippen LogP contribution in [0.1, 0.15) is 29.6 Å². The quantitative estimate of drug-likeness (QED) is 0.752. The molecule has 1 aromatic rings. The topological polar surface area (TPSA) is 54.8 Å². The van der Waals surface area contributed by atoms with E-state index in [2.05, 4.69) is 10.1 Å². The Hall–Kier alpha value is -1.91. The van der Waals surface area contributed by atoms with Crippen LogP contribution >= 0.6 is 0 Å². The second-order valence-corrected chi connectivity index (χ2v) is 4.79. The van der Waals surface area contributed by atoms with E-state index in [4.69, 9.17) is 4.84 Å². The fourth-order valence-corrected chi connectivity index (χ4v) is 2.48. The highest BCUT2D eigenvalue weighted by Gasteiger charge is 2.39. The lowest BCUT2D eigenvalue weighted by Crippen LogP contribution is -2.46. The fraction of sp³-hybridized carbons (Fsp3) is 0.462. The summed E-state index contributed by atoms with van der Waals surface area (Å²) < 4.78 is 0. The van der Waals surface area contributed by atoms with Gasteiger partial charge in [-0.2, -0.15) is 0 Å². The predicted octanol–water partition coefficient (Wildman–Crippen LogP) is 1.46. The minimum Gasteiger partial charge on any atom is -0.389 e. The Bertz CT molecular complexity index is 454. The van der Waals surface area contributed by atoms with Crippen molar-refractivity contribution in [2.45, 2.75) is 24.9 Å². The summed E-state index contributed by atoms with van der Waals surface area (Å²) in [7, 11) is 0. The molecule has 0 N–H and O–H groups in total. The van der Waals surface area contributed by atoms with Gasteiger partial charge in [-0.25, -0.2) is 0 Å². The third-order valence-corrected chi connectivity index (χ3v) is 3.67. The number of oxime groups is 1. The van der Waals surface area contributed by atoms with Crippen LogP contribution in [0.4, 0.5) is 0 Å². The third-order valence-electron chi connectivity index (χ3n) is 3.67. The van der Waals surface area contributed by atoms with Crippen molar-refractivity contribution in [3.05, 3.63) is 30.1 Å². The minimum absolute atomic E-state index is 0.0752. The number of likely N-dealkylation sites (tertiary alicyclic amines) is 1. The van der Waals surface area contributed by atoms with Gasteiger partial charge in [0.2, 0.25) is 0 Å². The van der Waals surface area contributed by atoms with Crippen molar-refractivity contribution in [3.8, 4) is 0 Å². The first-order valence-corrected chi connectivity index (χ1v) is 6.18. The Morgan fingerprint density at radius 3 is 2.61 bits per heavy atom. The zero-order valence-corrected chi connectivity index (χ0v) is 10.1. The van der Waals surface area contributed by atoms with Gasteiger partial charge < -0.3 is 9.74 Å². The molecule has 0 atom stereocenters. The molecular weight excluding hydrogens is 230 g/mol. The first kappa shape index (κ1) is 11.2. The van der Waals surface area contributed by atoms with Gasteiger partial charge in [-0.3, -0.25) is 9.78 Å². The van der Waals surface area contributed by atoms with E-state index in [1.807, 2.05) is 11.1 Å². The molecule has 0 unspecified atom stereocenters. The van der Waals surface area contributed by atoms with Crippen LogP contribution in [0, 0.1) is 0 Å². The van der Waals surface area contributed by atoms with Gasteiger partial charge in [0.05, 0.1) is 0 Å².